The summed E-state index contributed by atoms with van der Waals surface area (Å²) < 4.78 is 21.6. The highest BCUT2D eigenvalue weighted by atomic mass is 32.2. The van der Waals surface area contributed by atoms with Gasteiger partial charge < -0.3 is 49.3 Å². The van der Waals surface area contributed by atoms with Crippen molar-refractivity contribution < 1.29 is 18.9 Å². The maximum absolute atomic E-state index is 12.6. The zero-order valence-corrected chi connectivity index (χ0v) is 45.7. The van der Waals surface area contributed by atoms with Crippen molar-refractivity contribution in [2.75, 3.05) is 87.3 Å². The number of ether oxygens (including phenoxy) is 4. The van der Waals surface area contributed by atoms with Crippen LogP contribution in [0.5, 0.6) is 11.5 Å². The topological polar surface area (TPSA) is 159 Å². The lowest BCUT2D eigenvalue weighted by Gasteiger charge is -2.29. The quantitative estimate of drug-likeness (QED) is 0.0915. The molecule has 8 aromatic rings. The third-order valence-corrected chi connectivity index (χ3v) is 18.6. The average Bonchev–Trinajstić information content (AvgIpc) is 3.48. The van der Waals surface area contributed by atoms with Crippen molar-refractivity contribution in [1.29, 1.82) is 0 Å². The highest BCUT2D eigenvalue weighted by molar-refractivity contribution is 8.05. The second-order valence-electron chi connectivity index (χ2n) is 18.5. The fourth-order valence-electron chi connectivity index (χ4n) is 9.40. The zero-order valence-electron chi connectivity index (χ0n) is 42.4. The molecule has 2 unspecified atom stereocenters. The van der Waals surface area contributed by atoms with Crippen molar-refractivity contribution in [2.45, 2.75) is 65.1 Å². The summed E-state index contributed by atoms with van der Waals surface area (Å²) in [4.78, 5) is 53.9. The van der Waals surface area contributed by atoms with Crippen LogP contribution in [0.4, 0.5) is 22.7 Å². The van der Waals surface area contributed by atoms with Gasteiger partial charge in [-0.25, -0.2) is 0 Å². The summed E-state index contributed by atoms with van der Waals surface area (Å²) in [5.41, 5.74) is 9.68. The summed E-state index contributed by atoms with van der Waals surface area (Å²) in [7, 11) is 3.30. The number of fused-ring (bicyclic) bond motifs is 4. The van der Waals surface area contributed by atoms with E-state index in [9.17, 15) is 9.59 Å². The lowest BCUT2D eigenvalue weighted by Crippen LogP contribution is -2.36. The first-order valence-electron chi connectivity index (χ1n) is 25.1. The van der Waals surface area contributed by atoms with Gasteiger partial charge in [-0.05, 0) is 97.8 Å². The van der Waals surface area contributed by atoms with Crippen LogP contribution in [-0.4, -0.2) is 86.8 Å². The van der Waals surface area contributed by atoms with E-state index in [1.54, 1.807) is 85.8 Å². The van der Waals surface area contributed by atoms with E-state index in [-0.39, 0.29) is 23.2 Å². The van der Waals surface area contributed by atoms with Crippen molar-refractivity contribution in [3.63, 3.8) is 0 Å². The SMILES string of the molecule is COc1cncc(C(C)Nc2ccc3c(c2)Sc2cccc(-c4cc(N5CCOCC5)cc(=O)[nH]4)c2S3)c1.COc1cncc(C(C)Nc2ccc3c(c2)Sc2cccc(-c4cc(N5CCOCC5)cc(=O)[nH]4)c2S3)c1. The average molecular weight is 1090 g/mol. The zero-order chi connectivity index (χ0) is 52.1. The molecule has 8 heterocycles. The first-order valence-corrected chi connectivity index (χ1v) is 28.3. The molecule has 2 fully saturated rings. The van der Waals surface area contributed by atoms with E-state index in [0.29, 0.717) is 26.4 Å². The Kier molecular flexibility index (Phi) is 15.7. The van der Waals surface area contributed by atoms with E-state index in [1.165, 1.54) is 29.4 Å². The Morgan fingerprint density at radius 2 is 0.947 bits per heavy atom. The normalized spacial score (nSPS) is 15.4. The third kappa shape index (κ3) is 11.6. The number of rotatable bonds is 12. The Bertz CT molecular complexity index is 3300. The van der Waals surface area contributed by atoms with Gasteiger partial charge in [0.05, 0.1) is 76.5 Å². The predicted octanol–water partition coefficient (Wildman–Crippen LogP) is 12.1. The van der Waals surface area contributed by atoms with Crippen LogP contribution in [0.2, 0.25) is 0 Å². The number of aromatic nitrogens is 4. The fraction of sp³-hybridized carbons (Fsp3) is 0.241. The number of H-pyrrole nitrogens is 2. The van der Waals surface area contributed by atoms with Gasteiger partial charge in [-0.3, -0.25) is 19.6 Å². The maximum Gasteiger partial charge on any atom is 0.250 e. The van der Waals surface area contributed by atoms with Gasteiger partial charge in [0.25, 0.3) is 0 Å². The molecule has 18 heteroatoms. The van der Waals surface area contributed by atoms with Gasteiger partial charge in [0, 0.05) is 124 Å². The molecule has 0 saturated carbocycles. The van der Waals surface area contributed by atoms with Gasteiger partial charge in [-0.2, -0.15) is 0 Å². The Hall–Kier alpha value is -6.80. The second kappa shape index (κ2) is 23.2. The van der Waals surface area contributed by atoms with Crippen LogP contribution in [0.15, 0.2) is 183 Å². The lowest BCUT2D eigenvalue weighted by atomic mass is 10.1. The van der Waals surface area contributed by atoms with Gasteiger partial charge in [0.15, 0.2) is 0 Å². The van der Waals surface area contributed by atoms with E-state index in [2.05, 4.69) is 139 Å². The molecule has 76 heavy (non-hydrogen) atoms. The third-order valence-electron chi connectivity index (χ3n) is 13.4. The summed E-state index contributed by atoms with van der Waals surface area (Å²) in [5, 5.41) is 7.19. The molecule has 0 bridgehead atoms. The van der Waals surface area contributed by atoms with E-state index < -0.39 is 0 Å². The van der Waals surface area contributed by atoms with Crippen molar-refractivity contribution in [1.82, 2.24) is 19.9 Å². The molecule has 4 N–H and O–H groups in total. The molecular formula is C58H56N8O6S4. The number of nitrogens with one attached hydrogen (secondary N) is 4. The number of methoxy groups -OCH3 is 2. The van der Waals surface area contributed by atoms with Gasteiger partial charge in [0.1, 0.15) is 11.5 Å². The summed E-state index contributed by atoms with van der Waals surface area (Å²) in [6, 6.07) is 37.3. The minimum atomic E-state index is -0.0912. The number of hydrogen-bond acceptors (Lipinski definition) is 16. The van der Waals surface area contributed by atoms with Crippen LogP contribution in [0.1, 0.15) is 37.1 Å². The van der Waals surface area contributed by atoms with Gasteiger partial charge in [-0.1, -0.05) is 71.3 Å². The van der Waals surface area contributed by atoms with Crippen LogP contribution in [0, 0.1) is 0 Å². The van der Waals surface area contributed by atoms with Gasteiger partial charge in [0.2, 0.25) is 11.1 Å². The van der Waals surface area contributed by atoms with Gasteiger partial charge >= 0.3 is 0 Å². The second-order valence-corrected chi connectivity index (χ2v) is 22.7. The minimum absolute atomic E-state index is 0.0753. The predicted molar refractivity (Wildman–Crippen MR) is 306 cm³/mol. The Morgan fingerprint density at radius 3 is 1.37 bits per heavy atom. The highest BCUT2D eigenvalue weighted by Gasteiger charge is 2.25. The summed E-state index contributed by atoms with van der Waals surface area (Å²) >= 11 is 7.02. The van der Waals surface area contributed by atoms with E-state index >= 15 is 0 Å². The number of morpholine rings is 2. The molecule has 4 aromatic heterocycles. The summed E-state index contributed by atoms with van der Waals surface area (Å²) in [5.74, 6) is 1.50. The van der Waals surface area contributed by atoms with E-state index in [4.69, 9.17) is 18.9 Å². The largest absolute Gasteiger partial charge is 0.495 e. The number of anilines is 4. The molecular weight excluding hydrogens is 1030 g/mol. The smallest absolute Gasteiger partial charge is 0.250 e. The van der Waals surface area contributed by atoms with Crippen LogP contribution in [0.25, 0.3) is 22.5 Å². The monoisotopic (exact) mass is 1090 g/mol. The van der Waals surface area contributed by atoms with Crippen LogP contribution in [-0.2, 0) is 9.47 Å². The first-order chi connectivity index (χ1) is 37.1. The first kappa shape index (κ1) is 51.3. The number of benzene rings is 4. The number of pyridine rings is 4. The molecule has 12 rings (SSSR count). The maximum atomic E-state index is 12.6. The highest BCUT2D eigenvalue weighted by Crippen LogP contribution is 2.54. The molecule has 4 aliphatic heterocycles. The molecule has 0 amide bonds. The van der Waals surface area contributed by atoms with Crippen molar-refractivity contribution in [3.8, 4) is 34.0 Å². The Labute approximate surface area is 458 Å². The minimum Gasteiger partial charge on any atom is -0.495 e. The van der Waals surface area contributed by atoms with Crippen molar-refractivity contribution in [3.05, 3.63) is 166 Å². The lowest BCUT2D eigenvalue weighted by molar-refractivity contribution is 0.122. The molecule has 4 aliphatic rings. The molecule has 14 nitrogen and oxygen atoms in total. The number of aromatic amines is 2. The molecule has 0 radical (unpaired) electrons. The van der Waals surface area contributed by atoms with Crippen molar-refractivity contribution >= 4 is 69.8 Å². The summed E-state index contributed by atoms with van der Waals surface area (Å²) in [6.45, 7) is 10.1. The molecule has 0 aliphatic carbocycles. The molecule has 0 spiro atoms. The number of hydrogen-bond donors (Lipinski definition) is 4. The van der Waals surface area contributed by atoms with Crippen LogP contribution >= 0.6 is 47.0 Å². The molecule has 388 valence electrons. The van der Waals surface area contributed by atoms with E-state index in [0.717, 1.165) is 104 Å². The van der Waals surface area contributed by atoms with E-state index in [1.807, 2.05) is 24.5 Å². The molecule has 4 aromatic carbocycles. The summed E-state index contributed by atoms with van der Waals surface area (Å²) in [6.07, 6.45) is 7.14. The Morgan fingerprint density at radius 1 is 0.513 bits per heavy atom. The fourth-order valence-corrected chi connectivity index (χ4v) is 14.2. The Balaban J connectivity index is 0.000000162. The van der Waals surface area contributed by atoms with Crippen LogP contribution < -0.4 is 41.0 Å². The standard InChI is InChI=1S/2C29H28N4O3S2/c2*1-18(19-12-22(35-2)17-30-16-19)31-20-6-7-25-27(13-20)37-26-5-3-4-23(29(26)38-25)24-14-21(15-28(34)32-24)33-8-10-36-11-9-33/h2*3-7,12-18,31H,8-11H2,1-2H3,(H,32,34). The van der Waals surface area contributed by atoms with Gasteiger partial charge in [-0.15, -0.1) is 0 Å². The number of nitrogens with zero attached hydrogens (tertiary/aromatic N) is 4. The van der Waals surface area contributed by atoms with Crippen LogP contribution in [0.3, 0.4) is 0 Å². The van der Waals surface area contributed by atoms with Crippen molar-refractivity contribution in [2.24, 2.45) is 0 Å². The molecule has 2 atom stereocenters. The molecule has 2 saturated heterocycles.